The van der Waals surface area contributed by atoms with E-state index >= 15 is 0 Å². The molecular weight excluding hydrogens is 444 g/mol. The molecule has 2 aromatic rings. The van der Waals surface area contributed by atoms with Crippen molar-refractivity contribution in [1.82, 2.24) is 5.32 Å². The third-order valence-corrected chi connectivity index (χ3v) is 5.22. The molecule has 1 heterocycles. The van der Waals surface area contributed by atoms with Gasteiger partial charge in [-0.25, -0.2) is 14.6 Å². The summed E-state index contributed by atoms with van der Waals surface area (Å²) in [6.45, 7) is 0. The van der Waals surface area contributed by atoms with E-state index in [9.17, 15) is 19.2 Å². The lowest BCUT2D eigenvalue weighted by Gasteiger charge is -2.18. The topological polar surface area (TPSA) is 194 Å². The lowest BCUT2D eigenvalue weighted by Crippen LogP contribution is -2.42. The number of carbonyl (C=O) groups is 4. The van der Waals surface area contributed by atoms with E-state index in [0.717, 1.165) is 11.1 Å². The number of aliphatic imine (C=N–C) groups is 1. The molecule has 11 heteroatoms. The van der Waals surface area contributed by atoms with Crippen LogP contribution in [0.1, 0.15) is 39.9 Å². The Morgan fingerprint density at radius 1 is 1.06 bits per heavy atom. The highest BCUT2D eigenvalue weighted by Crippen LogP contribution is 2.29. The summed E-state index contributed by atoms with van der Waals surface area (Å²) in [6.07, 6.45) is 0.621. The summed E-state index contributed by atoms with van der Waals surface area (Å²) >= 11 is 0. The number of carbonyl (C=O) groups excluding carboxylic acids is 2. The van der Waals surface area contributed by atoms with Crippen LogP contribution in [-0.2, 0) is 33.6 Å². The standard InChI is InChI=1S/C23H24N4O7/c24-23(25)26-15-6-7-16-14(10-15)5-4-13-3-1-12(9-18(13)34-22(16)33)2-8-19(28)27-17(21(31)32)11-20(29)30/h1,3,6-7,9-10,17H,2,4-5,8,11H2,(H,27,28)(H,29,30)(H,31,32)(H4,24,25,26). The van der Waals surface area contributed by atoms with Crippen LogP contribution in [0.4, 0.5) is 5.69 Å². The molecule has 0 spiro atoms. The van der Waals surface area contributed by atoms with Crippen molar-refractivity contribution in [1.29, 1.82) is 0 Å². The number of rotatable bonds is 8. The zero-order chi connectivity index (χ0) is 24.8. The number of aliphatic carboxylic acids is 2. The predicted molar refractivity (Wildman–Crippen MR) is 121 cm³/mol. The van der Waals surface area contributed by atoms with Gasteiger partial charge in [0.05, 0.1) is 17.7 Å². The van der Waals surface area contributed by atoms with Crippen molar-refractivity contribution in [3.63, 3.8) is 0 Å². The monoisotopic (exact) mass is 468 g/mol. The molecule has 1 aliphatic rings. The summed E-state index contributed by atoms with van der Waals surface area (Å²) in [5.41, 5.74) is 14.1. The van der Waals surface area contributed by atoms with Crippen molar-refractivity contribution in [2.45, 2.75) is 38.1 Å². The summed E-state index contributed by atoms with van der Waals surface area (Å²) in [6, 6.07) is 8.74. The number of nitrogens with one attached hydrogen (secondary N) is 1. The van der Waals surface area contributed by atoms with Gasteiger partial charge in [-0.3, -0.25) is 9.59 Å². The van der Waals surface area contributed by atoms with Crippen molar-refractivity contribution in [2.75, 3.05) is 0 Å². The maximum absolute atomic E-state index is 12.7. The first-order valence-corrected chi connectivity index (χ1v) is 10.4. The maximum atomic E-state index is 12.7. The lowest BCUT2D eigenvalue weighted by atomic mass is 9.96. The quantitative estimate of drug-likeness (QED) is 0.162. The number of carboxylic acid groups (broad SMARTS) is 2. The molecule has 2 aromatic carbocycles. The molecule has 0 radical (unpaired) electrons. The van der Waals surface area contributed by atoms with Crippen LogP contribution >= 0.6 is 0 Å². The third kappa shape index (κ3) is 6.31. The number of hydrogen-bond donors (Lipinski definition) is 5. The van der Waals surface area contributed by atoms with E-state index in [1.807, 2.05) is 6.07 Å². The molecule has 178 valence electrons. The molecular formula is C23H24N4O7. The molecule has 0 saturated carbocycles. The smallest absolute Gasteiger partial charge is 0.343 e. The van der Waals surface area contributed by atoms with E-state index in [-0.39, 0.29) is 18.8 Å². The Morgan fingerprint density at radius 2 is 1.79 bits per heavy atom. The van der Waals surface area contributed by atoms with Crippen molar-refractivity contribution in [3.05, 3.63) is 58.7 Å². The molecule has 34 heavy (non-hydrogen) atoms. The van der Waals surface area contributed by atoms with Gasteiger partial charge in [0.25, 0.3) is 0 Å². The fourth-order valence-electron chi connectivity index (χ4n) is 3.58. The van der Waals surface area contributed by atoms with Gasteiger partial charge in [0.15, 0.2) is 5.96 Å². The number of guanidine groups is 1. The number of carboxylic acids is 2. The van der Waals surface area contributed by atoms with Crippen LogP contribution in [0.25, 0.3) is 0 Å². The van der Waals surface area contributed by atoms with Crippen molar-refractivity contribution in [3.8, 4) is 5.75 Å². The number of fused-ring (bicyclic) bond motifs is 2. The number of esters is 1. The first kappa shape index (κ1) is 24.2. The van der Waals surface area contributed by atoms with Gasteiger partial charge < -0.3 is 31.7 Å². The van der Waals surface area contributed by atoms with Crippen molar-refractivity contribution < 1.29 is 34.1 Å². The summed E-state index contributed by atoms with van der Waals surface area (Å²) in [7, 11) is 0. The molecule has 11 nitrogen and oxygen atoms in total. The second-order valence-electron chi connectivity index (χ2n) is 7.77. The van der Waals surface area contributed by atoms with E-state index in [1.165, 1.54) is 0 Å². The fourth-order valence-corrected chi connectivity index (χ4v) is 3.58. The van der Waals surface area contributed by atoms with Gasteiger partial charge in [0.2, 0.25) is 5.91 Å². The minimum atomic E-state index is -1.51. The van der Waals surface area contributed by atoms with Gasteiger partial charge in [-0.15, -0.1) is 0 Å². The van der Waals surface area contributed by atoms with Crippen molar-refractivity contribution >= 4 is 35.5 Å². The molecule has 1 aliphatic heterocycles. The minimum Gasteiger partial charge on any atom is -0.481 e. The third-order valence-electron chi connectivity index (χ3n) is 5.22. The normalized spacial score (nSPS) is 13.2. The summed E-state index contributed by atoms with van der Waals surface area (Å²) in [5.74, 6) is -3.57. The average Bonchev–Trinajstić information content (AvgIpc) is 2.74. The van der Waals surface area contributed by atoms with Crippen LogP contribution in [0.2, 0.25) is 0 Å². The van der Waals surface area contributed by atoms with Gasteiger partial charge in [0.1, 0.15) is 11.8 Å². The SMILES string of the molecule is NC(N)=Nc1ccc2c(c1)CCc1ccc(CCC(=O)NC(CC(=O)O)C(=O)O)cc1OC2=O. The molecule has 0 aromatic heterocycles. The Morgan fingerprint density at radius 3 is 2.47 bits per heavy atom. The first-order chi connectivity index (χ1) is 16.1. The number of benzene rings is 2. The number of hydrogen-bond acceptors (Lipinski definition) is 6. The van der Waals surface area contributed by atoms with Gasteiger partial charge in [-0.05, 0) is 60.2 Å². The summed E-state index contributed by atoms with van der Waals surface area (Å²) in [4.78, 5) is 50.7. The summed E-state index contributed by atoms with van der Waals surface area (Å²) in [5, 5.41) is 20.0. The zero-order valence-corrected chi connectivity index (χ0v) is 18.1. The molecule has 0 aliphatic carbocycles. The van der Waals surface area contributed by atoms with E-state index in [2.05, 4.69) is 10.3 Å². The van der Waals surface area contributed by atoms with E-state index in [0.29, 0.717) is 35.4 Å². The number of amides is 1. The largest absolute Gasteiger partial charge is 0.481 e. The Labute approximate surface area is 194 Å². The Bertz CT molecular complexity index is 1170. The van der Waals surface area contributed by atoms with Gasteiger partial charge in [-0.2, -0.15) is 0 Å². The van der Waals surface area contributed by atoms with Crippen LogP contribution in [0.5, 0.6) is 5.75 Å². The van der Waals surface area contributed by atoms with Crippen LogP contribution in [0.15, 0.2) is 41.4 Å². The van der Waals surface area contributed by atoms with Gasteiger partial charge in [0, 0.05) is 6.42 Å². The second-order valence-corrected chi connectivity index (χ2v) is 7.77. The number of nitrogens with zero attached hydrogens (tertiary/aromatic N) is 1. The predicted octanol–water partition coefficient (Wildman–Crippen LogP) is 0.886. The molecule has 3 rings (SSSR count). The highest BCUT2D eigenvalue weighted by molar-refractivity contribution is 5.94. The zero-order valence-electron chi connectivity index (χ0n) is 18.1. The van der Waals surface area contributed by atoms with Crippen LogP contribution in [-0.4, -0.2) is 46.0 Å². The highest BCUT2D eigenvalue weighted by Gasteiger charge is 2.23. The second kappa shape index (κ2) is 10.5. The Kier molecular flexibility index (Phi) is 7.46. The summed E-state index contributed by atoms with van der Waals surface area (Å²) < 4.78 is 5.60. The molecule has 7 N–H and O–H groups in total. The fraction of sp³-hybridized carbons (Fsp3) is 0.261. The maximum Gasteiger partial charge on any atom is 0.343 e. The number of aryl methyl sites for hydroxylation is 3. The number of nitrogens with two attached hydrogens (primary N) is 2. The van der Waals surface area contributed by atoms with E-state index in [4.69, 9.17) is 26.4 Å². The van der Waals surface area contributed by atoms with Crippen molar-refractivity contribution in [2.24, 2.45) is 16.5 Å². The first-order valence-electron chi connectivity index (χ1n) is 10.4. The van der Waals surface area contributed by atoms with E-state index in [1.54, 1.807) is 30.3 Å². The molecule has 0 saturated heterocycles. The number of ether oxygens (including phenoxy) is 1. The highest BCUT2D eigenvalue weighted by atomic mass is 16.5. The van der Waals surface area contributed by atoms with E-state index < -0.39 is 36.3 Å². The van der Waals surface area contributed by atoms with Gasteiger partial charge in [-0.1, -0.05) is 12.1 Å². The average molecular weight is 468 g/mol. The van der Waals surface area contributed by atoms with Gasteiger partial charge >= 0.3 is 17.9 Å². The Hall–Kier alpha value is -4.41. The molecule has 0 fully saturated rings. The minimum absolute atomic E-state index is 0.0630. The lowest BCUT2D eigenvalue weighted by molar-refractivity contribution is -0.147. The molecule has 1 unspecified atom stereocenters. The molecule has 1 amide bonds. The van der Waals surface area contributed by atoms with Crippen LogP contribution < -0.4 is 21.5 Å². The molecule has 1 atom stereocenters. The molecule has 0 bridgehead atoms. The van der Waals surface area contributed by atoms with Crippen LogP contribution in [0, 0.1) is 0 Å². The Balaban J connectivity index is 1.69. The van der Waals surface area contributed by atoms with Crippen LogP contribution in [0.3, 0.4) is 0 Å².